The molecule has 0 aromatic carbocycles. The first kappa shape index (κ1) is 8.58. The van der Waals surface area contributed by atoms with Gasteiger partial charge in [-0.1, -0.05) is 0 Å². The average molecular weight is 153 g/mol. The van der Waals surface area contributed by atoms with Crippen molar-refractivity contribution in [2.75, 3.05) is 6.61 Å². The van der Waals surface area contributed by atoms with Crippen molar-refractivity contribution in [3.63, 3.8) is 0 Å². The van der Waals surface area contributed by atoms with Crippen molar-refractivity contribution in [1.29, 1.82) is 0 Å². The van der Waals surface area contributed by atoms with Crippen molar-refractivity contribution in [2.45, 2.75) is 31.9 Å². The van der Waals surface area contributed by atoms with Gasteiger partial charge < -0.3 is 10.5 Å². The third-order valence-corrected chi connectivity index (χ3v) is 2.34. The first-order valence-electron chi connectivity index (χ1n) is 4.06. The lowest BCUT2D eigenvalue weighted by molar-refractivity contribution is 0.0999. The minimum atomic E-state index is 0.123. The number of hydrogen-bond acceptors (Lipinski definition) is 2. The second-order valence-corrected chi connectivity index (χ2v) is 3.10. The first-order valence-corrected chi connectivity index (χ1v) is 4.06. The molecule has 0 saturated carbocycles. The van der Waals surface area contributed by atoms with Gasteiger partial charge in [-0.2, -0.15) is 0 Å². The normalized spacial score (nSPS) is 33.2. The Hall–Kier alpha value is -0.520. The molecule has 11 heavy (non-hydrogen) atoms. The van der Waals surface area contributed by atoms with E-state index in [0.29, 0.717) is 18.4 Å². The lowest BCUT2D eigenvalue weighted by Crippen LogP contribution is -2.33. The maximum absolute atomic E-state index is 5.86. The van der Waals surface area contributed by atoms with Gasteiger partial charge in [-0.15, -0.1) is 12.3 Å². The van der Waals surface area contributed by atoms with Gasteiger partial charge in [-0.25, -0.2) is 0 Å². The summed E-state index contributed by atoms with van der Waals surface area (Å²) in [5.41, 5.74) is 5.86. The number of ether oxygens (including phenoxy) is 1. The van der Waals surface area contributed by atoms with E-state index in [0.717, 1.165) is 13.0 Å². The molecule has 1 fully saturated rings. The van der Waals surface area contributed by atoms with Crippen LogP contribution < -0.4 is 5.73 Å². The standard InChI is InChI=1S/C9H15NO/c1-3-4-9(10)8-5-6-11-7(8)2/h1,7-9H,4-6,10H2,2H3. The van der Waals surface area contributed by atoms with Gasteiger partial charge >= 0.3 is 0 Å². The van der Waals surface area contributed by atoms with E-state index in [-0.39, 0.29) is 6.04 Å². The van der Waals surface area contributed by atoms with Crippen LogP contribution in [-0.4, -0.2) is 18.8 Å². The summed E-state index contributed by atoms with van der Waals surface area (Å²) in [5.74, 6) is 3.05. The quantitative estimate of drug-likeness (QED) is 0.594. The lowest BCUT2D eigenvalue weighted by atomic mass is 9.92. The maximum atomic E-state index is 5.86. The molecule has 1 rings (SSSR count). The minimum Gasteiger partial charge on any atom is -0.378 e. The number of hydrogen-bond donors (Lipinski definition) is 1. The van der Waals surface area contributed by atoms with Crippen LogP contribution in [0.4, 0.5) is 0 Å². The van der Waals surface area contributed by atoms with Gasteiger partial charge in [-0.05, 0) is 13.3 Å². The van der Waals surface area contributed by atoms with Crippen molar-refractivity contribution in [3.8, 4) is 12.3 Å². The maximum Gasteiger partial charge on any atom is 0.0591 e. The summed E-state index contributed by atoms with van der Waals surface area (Å²) in [4.78, 5) is 0. The van der Waals surface area contributed by atoms with E-state index in [9.17, 15) is 0 Å². The van der Waals surface area contributed by atoms with E-state index in [1.54, 1.807) is 0 Å². The topological polar surface area (TPSA) is 35.2 Å². The van der Waals surface area contributed by atoms with Crippen molar-refractivity contribution in [1.82, 2.24) is 0 Å². The molecule has 2 heteroatoms. The second kappa shape index (κ2) is 3.75. The molecule has 1 heterocycles. The van der Waals surface area contributed by atoms with Crippen LogP contribution in [0.5, 0.6) is 0 Å². The zero-order chi connectivity index (χ0) is 8.27. The fourth-order valence-corrected chi connectivity index (χ4v) is 1.60. The van der Waals surface area contributed by atoms with Gasteiger partial charge in [0, 0.05) is 25.0 Å². The summed E-state index contributed by atoms with van der Waals surface area (Å²) >= 11 is 0. The molecule has 0 bridgehead atoms. The zero-order valence-corrected chi connectivity index (χ0v) is 6.92. The van der Waals surface area contributed by atoms with Gasteiger partial charge in [0.1, 0.15) is 0 Å². The predicted molar refractivity (Wildman–Crippen MR) is 44.9 cm³/mol. The molecule has 0 aromatic heterocycles. The summed E-state index contributed by atoms with van der Waals surface area (Å²) in [5, 5.41) is 0. The molecule has 0 amide bonds. The van der Waals surface area contributed by atoms with Crippen LogP contribution in [0.2, 0.25) is 0 Å². The molecular weight excluding hydrogens is 138 g/mol. The van der Waals surface area contributed by atoms with Crippen LogP contribution in [0.25, 0.3) is 0 Å². The summed E-state index contributed by atoms with van der Waals surface area (Å²) in [6.45, 7) is 2.90. The average Bonchev–Trinajstić information content (AvgIpc) is 2.36. The Morgan fingerprint density at radius 3 is 3.00 bits per heavy atom. The van der Waals surface area contributed by atoms with Gasteiger partial charge in [0.25, 0.3) is 0 Å². The Bertz CT molecular complexity index is 161. The Labute approximate surface area is 68.1 Å². The molecule has 0 radical (unpaired) electrons. The third kappa shape index (κ3) is 1.95. The summed E-state index contributed by atoms with van der Waals surface area (Å²) in [7, 11) is 0. The molecule has 62 valence electrons. The number of rotatable bonds is 2. The molecule has 3 unspecified atom stereocenters. The van der Waals surface area contributed by atoms with E-state index >= 15 is 0 Å². The number of terminal acetylenes is 1. The van der Waals surface area contributed by atoms with Gasteiger partial charge in [0.05, 0.1) is 6.10 Å². The fourth-order valence-electron chi connectivity index (χ4n) is 1.60. The monoisotopic (exact) mass is 153 g/mol. The van der Waals surface area contributed by atoms with Crippen molar-refractivity contribution < 1.29 is 4.74 Å². The molecule has 0 aliphatic carbocycles. The molecule has 1 aliphatic rings. The smallest absolute Gasteiger partial charge is 0.0591 e. The zero-order valence-electron chi connectivity index (χ0n) is 6.92. The van der Waals surface area contributed by atoms with Crippen molar-refractivity contribution in [2.24, 2.45) is 11.7 Å². The molecule has 3 atom stereocenters. The van der Waals surface area contributed by atoms with Crippen molar-refractivity contribution >= 4 is 0 Å². The molecule has 2 N–H and O–H groups in total. The summed E-state index contributed by atoms with van der Waals surface area (Å²) in [6.07, 6.45) is 7.19. The molecule has 0 spiro atoms. The van der Waals surface area contributed by atoms with Crippen LogP contribution in [0.15, 0.2) is 0 Å². The molecular formula is C9H15NO. The highest BCUT2D eigenvalue weighted by molar-refractivity contribution is 4.93. The third-order valence-electron chi connectivity index (χ3n) is 2.34. The Morgan fingerprint density at radius 1 is 1.82 bits per heavy atom. The van der Waals surface area contributed by atoms with Crippen LogP contribution in [0, 0.1) is 18.3 Å². The highest BCUT2D eigenvalue weighted by Gasteiger charge is 2.28. The van der Waals surface area contributed by atoms with Crippen LogP contribution in [0.1, 0.15) is 19.8 Å². The van der Waals surface area contributed by atoms with Gasteiger partial charge in [0.15, 0.2) is 0 Å². The highest BCUT2D eigenvalue weighted by Crippen LogP contribution is 2.23. The first-order chi connectivity index (χ1) is 5.25. The van der Waals surface area contributed by atoms with Crippen LogP contribution >= 0.6 is 0 Å². The Balaban J connectivity index is 2.40. The molecule has 2 nitrogen and oxygen atoms in total. The number of nitrogens with two attached hydrogens (primary N) is 1. The SMILES string of the molecule is C#CCC(N)C1CCOC1C. The lowest BCUT2D eigenvalue weighted by Gasteiger charge is -2.19. The Morgan fingerprint density at radius 2 is 2.55 bits per heavy atom. The Kier molecular flexibility index (Phi) is 2.92. The summed E-state index contributed by atoms with van der Waals surface area (Å²) < 4.78 is 5.38. The van der Waals surface area contributed by atoms with E-state index in [1.165, 1.54) is 0 Å². The molecule has 1 saturated heterocycles. The second-order valence-electron chi connectivity index (χ2n) is 3.10. The van der Waals surface area contributed by atoms with E-state index in [2.05, 4.69) is 12.8 Å². The molecule has 1 aliphatic heterocycles. The predicted octanol–water partition coefficient (Wildman–Crippen LogP) is 0.762. The minimum absolute atomic E-state index is 0.123. The van der Waals surface area contributed by atoms with E-state index in [1.807, 2.05) is 0 Å². The van der Waals surface area contributed by atoms with Crippen LogP contribution in [0.3, 0.4) is 0 Å². The van der Waals surface area contributed by atoms with Crippen molar-refractivity contribution in [3.05, 3.63) is 0 Å². The van der Waals surface area contributed by atoms with Crippen LogP contribution in [-0.2, 0) is 4.74 Å². The van der Waals surface area contributed by atoms with Gasteiger partial charge in [-0.3, -0.25) is 0 Å². The van der Waals surface area contributed by atoms with E-state index in [4.69, 9.17) is 16.9 Å². The highest BCUT2D eigenvalue weighted by atomic mass is 16.5. The van der Waals surface area contributed by atoms with E-state index < -0.39 is 0 Å². The van der Waals surface area contributed by atoms with Gasteiger partial charge in [0.2, 0.25) is 0 Å². The fraction of sp³-hybridized carbons (Fsp3) is 0.778. The largest absolute Gasteiger partial charge is 0.378 e. The summed E-state index contributed by atoms with van der Waals surface area (Å²) in [6, 6.07) is 0.123. The molecule has 0 aromatic rings.